The fourth-order valence-electron chi connectivity index (χ4n) is 1.50. The van der Waals surface area contributed by atoms with Gasteiger partial charge in [-0.05, 0) is 12.5 Å². The summed E-state index contributed by atoms with van der Waals surface area (Å²) in [6.45, 7) is 2.39. The van der Waals surface area contributed by atoms with Crippen molar-refractivity contribution in [2.75, 3.05) is 20.1 Å². The summed E-state index contributed by atoms with van der Waals surface area (Å²) in [5.41, 5.74) is 0.271. The molecule has 0 saturated heterocycles. The molecule has 0 spiro atoms. The van der Waals surface area contributed by atoms with Gasteiger partial charge in [0.25, 0.3) is 5.91 Å². The first-order valence-corrected chi connectivity index (χ1v) is 5.72. The van der Waals surface area contributed by atoms with Crippen LogP contribution < -0.4 is 5.32 Å². The fraction of sp³-hybridized carbons (Fsp3) is 0.417. The van der Waals surface area contributed by atoms with Crippen molar-refractivity contribution in [3.8, 4) is 5.75 Å². The predicted molar refractivity (Wildman–Crippen MR) is 66.2 cm³/mol. The minimum absolute atomic E-state index is 0.00116. The van der Waals surface area contributed by atoms with Crippen molar-refractivity contribution in [2.24, 2.45) is 0 Å². The number of hydrogen-bond acceptors (Lipinski definition) is 4. The molecule has 0 aliphatic carbocycles. The number of amides is 2. The number of rotatable bonds is 5. The van der Waals surface area contributed by atoms with Gasteiger partial charge in [-0.2, -0.15) is 0 Å². The lowest BCUT2D eigenvalue weighted by Crippen LogP contribution is -2.40. The zero-order valence-electron chi connectivity index (χ0n) is 10.5. The van der Waals surface area contributed by atoms with E-state index >= 15 is 0 Å². The number of likely N-dealkylation sites (N-methyl/N-ethyl adjacent to an activating group) is 1. The molecule has 0 atom stereocenters. The molecule has 1 rings (SSSR count). The van der Waals surface area contributed by atoms with Crippen molar-refractivity contribution in [1.82, 2.24) is 15.2 Å². The zero-order valence-corrected chi connectivity index (χ0v) is 10.5. The maximum Gasteiger partial charge on any atom is 0.256 e. The molecule has 2 amide bonds. The van der Waals surface area contributed by atoms with Crippen LogP contribution in [0.5, 0.6) is 5.75 Å². The summed E-state index contributed by atoms with van der Waals surface area (Å²) in [5.74, 6) is -0.619. The fourth-order valence-corrected chi connectivity index (χ4v) is 1.50. The Morgan fingerprint density at radius 1 is 1.44 bits per heavy atom. The summed E-state index contributed by atoms with van der Waals surface area (Å²) in [6.07, 6.45) is 3.36. The summed E-state index contributed by atoms with van der Waals surface area (Å²) in [7, 11) is 1.52. The highest BCUT2D eigenvalue weighted by Crippen LogP contribution is 2.11. The number of aromatic hydroxyl groups is 1. The average Bonchev–Trinajstić information content (AvgIpc) is 2.37. The Bertz CT molecular complexity index is 434. The third-order valence-electron chi connectivity index (χ3n) is 2.36. The van der Waals surface area contributed by atoms with E-state index in [-0.39, 0.29) is 29.7 Å². The Morgan fingerprint density at radius 3 is 2.72 bits per heavy atom. The number of aromatic nitrogens is 1. The lowest BCUT2D eigenvalue weighted by atomic mass is 10.2. The van der Waals surface area contributed by atoms with Gasteiger partial charge in [0.2, 0.25) is 5.91 Å². The van der Waals surface area contributed by atoms with E-state index in [0.29, 0.717) is 6.54 Å². The van der Waals surface area contributed by atoms with Crippen LogP contribution in [-0.2, 0) is 4.79 Å². The molecule has 2 N–H and O–H groups in total. The van der Waals surface area contributed by atoms with E-state index in [1.807, 2.05) is 6.92 Å². The normalized spacial score (nSPS) is 9.89. The molecule has 0 saturated carbocycles. The van der Waals surface area contributed by atoms with E-state index in [1.165, 1.54) is 30.4 Å². The lowest BCUT2D eigenvalue weighted by Gasteiger charge is -2.21. The van der Waals surface area contributed by atoms with Crippen molar-refractivity contribution in [1.29, 1.82) is 0 Å². The van der Waals surface area contributed by atoms with Gasteiger partial charge in [0, 0.05) is 19.8 Å². The summed E-state index contributed by atoms with van der Waals surface area (Å²) < 4.78 is 0. The highest BCUT2D eigenvalue weighted by Gasteiger charge is 2.18. The van der Waals surface area contributed by atoms with Crippen LogP contribution in [0, 0.1) is 0 Å². The van der Waals surface area contributed by atoms with Crippen LogP contribution in [0.25, 0.3) is 0 Å². The van der Waals surface area contributed by atoms with Crippen molar-refractivity contribution in [2.45, 2.75) is 13.3 Å². The molecule has 0 aromatic carbocycles. The molecule has 0 radical (unpaired) electrons. The first kappa shape index (κ1) is 14.0. The first-order valence-electron chi connectivity index (χ1n) is 5.72. The van der Waals surface area contributed by atoms with Crippen molar-refractivity contribution in [3.05, 3.63) is 24.0 Å². The third-order valence-corrected chi connectivity index (χ3v) is 2.36. The van der Waals surface area contributed by atoms with Gasteiger partial charge in [-0.25, -0.2) is 0 Å². The molecule has 0 fully saturated rings. The second kappa shape index (κ2) is 6.58. The van der Waals surface area contributed by atoms with E-state index in [9.17, 15) is 14.7 Å². The molecular formula is C12H17N3O3. The van der Waals surface area contributed by atoms with Gasteiger partial charge in [0.05, 0.1) is 18.3 Å². The van der Waals surface area contributed by atoms with E-state index in [0.717, 1.165) is 6.42 Å². The van der Waals surface area contributed by atoms with E-state index in [1.54, 1.807) is 0 Å². The van der Waals surface area contributed by atoms with Gasteiger partial charge in [-0.3, -0.25) is 14.6 Å². The Kier molecular flexibility index (Phi) is 5.10. The monoisotopic (exact) mass is 251 g/mol. The summed E-state index contributed by atoms with van der Waals surface area (Å²) in [6, 6.07) is 1.34. The van der Waals surface area contributed by atoms with Crippen LogP contribution in [0.3, 0.4) is 0 Å². The Labute approximate surface area is 106 Å². The molecule has 1 aromatic rings. The van der Waals surface area contributed by atoms with Crippen molar-refractivity contribution in [3.63, 3.8) is 0 Å². The molecule has 6 heteroatoms. The maximum atomic E-state index is 12.1. The summed E-state index contributed by atoms with van der Waals surface area (Å²) >= 11 is 0. The topological polar surface area (TPSA) is 82.5 Å². The summed E-state index contributed by atoms with van der Waals surface area (Å²) in [4.78, 5) is 28.6. The van der Waals surface area contributed by atoms with Gasteiger partial charge in [-0.15, -0.1) is 0 Å². The van der Waals surface area contributed by atoms with Crippen LogP contribution >= 0.6 is 0 Å². The van der Waals surface area contributed by atoms with Gasteiger partial charge < -0.3 is 15.3 Å². The second-order valence-electron chi connectivity index (χ2n) is 3.83. The predicted octanol–water partition coefficient (Wildman–Crippen LogP) is 0.385. The molecule has 0 unspecified atom stereocenters. The largest absolute Gasteiger partial charge is 0.506 e. The van der Waals surface area contributed by atoms with E-state index in [4.69, 9.17) is 0 Å². The summed E-state index contributed by atoms with van der Waals surface area (Å²) in [5, 5.41) is 11.8. The number of carbonyl (C=O) groups is 2. The highest BCUT2D eigenvalue weighted by molar-refractivity contribution is 5.96. The molecular weight excluding hydrogens is 234 g/mol. The van der Waals surface area contributed by atoms with Gasteiger partial charge in [-0.1, -0.05) is 6.92 Å². The molecule has 1 heterocycles. The standard InChI is InChI=1S/C12H17N3O3/c1-3-4-15(8-11(17)13-2)12(18)9-5-10(16)7-14-6-9/h5-7,16H,3-4,8H2,1-2H3,(H,13,17). The van der Waals surface area contributed by atoms with E-state index in [2.05, 4.69) is 10.3 Å². The van der Waals surface area contributed by atoms with Crippen LogP contribution in [0.1, 0.15) is 23.7 Å². The Morgan fingerprint density at radius 2 is 2.17 bits per heavy atom. The smallest absolute Gasteiger partial charge is 0.256 e. The Hall–Kier alpha value is -2.11. The number of pyridine rings is 1. The molecule has 0 bridgehead atoms. The maximum absolute atomic E-state index is 12.1. The molecule has 0 aliphatic rings. The third kappa shape index (κ3) is 3.73. The molecule has 1 aromatic heterocycles. The Balaban J connectivity index is 2.85. The van der Waals surface area contributed by atoms with Crippen LogP contribution in [-0.4, -0.2) is 46.9 Å². The van der Waals surface area contributed by atoms with Gasteiger partial charge in [0.15, 0.2) is 0 Å². The molecule has 6 nitrogen and oxygen atoms in total. The van der Waals surface area contributed by atoms with Gasteiger partial charge >= 0.3 is 0 Å². The van der Waals surface area contributed by atoms with Crippen molar-refractivity contribution < 1.29 is 14.7 Å². The minimum Gasteiger partial charge on any atom is -0.506 e. The molecule has 0 aliphatic heterocycles. The quantitative estimate of drug-likeness (QED) is 0.792. The van der Waals surface area contributed by atoms with Crippen LogP contribution in [0.15, 0.2) is 18.5 Å². The van der Waals surface area contributed by atoms with Crippen LogP contribution in [0.4, 0.5) is 0 Å². The highest BCUT2D eigenvalue weighted by atomic mass is 16.3. The van der Waals surface area contributed by atoms with Crippen LogP contribution in [0.2, 0.25) is 0 Å². The molecule has 18 heavy (non-hydrogen) atoms. The number of nitrogens with one attached hydrogen (secondary N) is 1. The zero-order chi connectivity index (χ0) is 13.5. The lowest BCUT2D eigenvalue weighted by molar-refractivity contribution is -0.121. The van der Waals surface area contributed by atoms with E-state index < -0.39 is 0 Å². The van der Waals surface area contributed by atoms with Crippen molar-refractivity contribution >= 4 is 11.8 Å². The molecule has 98 valence electrons. The average molecular weight is 251 g/mol. The number of nitrogens with zero attached hydrogens (tertiary/aromatic N) is 2. The first-order chi connectivity index (χ1) is 8.58. The SMILES string of the molecule is CCCN(CC(=O)NC)C(=O)c1cncc(O)c1. The minimum atomic E-state index is -0.316. The second-order valence-corrected chi connectivity index (χ2v) is 3.83. The number of hydrogen-bond donors (Lipinski definition) is 2. The number of carbonyl (C=O) groups excluding carboxylic acids is 2. The van der Waals surface area contributed by atoms with Gasteiger partial charge in [0.1, 0.15) is 5.75 Å².